The van der Waals surface area contributed by atoms with Gasteiger partial charge >= 0.3 is 7.60 Å². The van der Waals surface area contributed by atoms with Gasteiger partial charge in [0.1, 0.15) is 6.29 Å². The molecule has 1 aliphatic rings. The number of hydrogen-bond acceptors (Lipinski definition) is 5. The normalized spacial score (nSPS) is 24.6. The van der Waals surface area contributed by atoms with Crippen molar-refractivity contribution in [2.75, 3.05) is 26.6 Å². The maximum absolute atomic E-state index is 12.8. The molecule has 1 fully saturated rings. The van der Waals surface area contributed by atoms with Crippen LogP contribution < -0.4 is 0 Å². The summed E-state index contributed by atoms with van der Waals surface area (Å²) in [7, 11) is -1.84. The lowest BCUT2D eigenvalue weighted by Crippen LogP contribution is -2.67. The monoisotopic (exact) mass is 341 g/mol. The number of benzene rings is 1. The Morgan fingerprint density at radius 2 is 1.74 bits per heavy atom. The van der Waals surface area contributed by atoms with Gasteiger partial charge in [-0.15, -0.1) is 0 Å². The lowest BCUT2D eigenvalue weighted by Gasteiger charge is -2.53. The number of rotatable bonds is 8. The Bertz CT molecular complexity index is 583. The number of nitrogens with zero attached hydrogens (tertiary/aromatic N) is 1. The molecule has 6 nitrogen and oxygen atoms in total. The third-order valence-corrected chi connectivity index (χ3v) is 5.99. The van der Waals surface area contributed by atoms with E-state index in [2.05, 4.69) is 0 Å². The molecule has 1 amide bonds. The molecule has 0 saturated carbocycles. The zero-order chi connectivity index (χ0) is 17.1. The molecule has 2 atom stereocenters. The van der Waals surface area contributed by atoms with E-state index in [1.54, 1.807) is 20.8 Å². The maximum atomic E-state index is 12.8. The molecule has 0 spiro atoms. The molecule has 23 heavy (non-hydrogen) atoms. The van der Waals surface area contributed by atoms with Crippen LogP contribution in [0.2, 0.25) is 0 Å². The summed E-state index contributed by atoms with van der Waals surface area (Å²) in [5, 5.41) is 0. The lowest BCUT2D eigenvalue weighted by atomic mass is 9.80. The van der Waals surface area contributed by atoms with E-state index in [0.29, 0.717) is 0 Å². The maximum Gasteiger partial charge on any atom is 0.349 e. The highest BCUT2D eigenvalue weighted by Crippen LogP contribution is 2.55. The van der Waals surface area contributed by atoms with Crippen LogP contribution in [-0.2, 0) is 23.1 Å². The van der Waals surface area contributed by atoms with E-state index in [1.165, 1.54) is 12.0 Å². The van der Waals surface area contributed by atoms with Crippen molar-refractivity contribution in [3.63, 3.8) is 0 Å². The summed E-state index contributed by atoms with van der Waals surface area (Å²) in [4.78, 5) is 14.1. The van der Waals surface area contributed by atoms with Gasteiger partial charge in [0.05, 0.1) is 19.3 Å². The predicted molar refractivity (Wildman–Crippen MR) is 87.2 cm³/mol. The van der Waals surface area contributed by atoms with E-state index in [4.69, 9.17) is 13.8 Å². The summed E-state index contributed by atoms with van der Waals surface area (Å²) in [6.45, 7) is 5.76. The zero-order valence-electron chi connectivity index (χ0n) is 14.0. The third-order valence-electron chi connectivity index (χ3n) is 4.04. The average molecular weight is 341 g/mol. The quantitative estimate of drug-likeness (QED) is 0.537. The van der Waals surface area contributed by atoms with Crippen molar-refractivity contribution in [1.82, 2.24) is 4.90 Å². The largest absolute Gasteiger partial charge is 0.366 e. The van der Waals surface area contributed by atoms with Gasteiger partial charge in [-0.25, -0.2) is 0 Å². The van der Waals surface area contributed by atoms with E-state index in [1.807, 2.05) is 30.3 Å². The van der Waals surface area contributed by atoms with Crippen LogP contribution in [0.3, 0.4) is 0 Å². The molecule has 0 bridgehead atoms. The first-order valence-electron chi connectivity index (χ1n) is 7.71. The Hall–Kier alpha value is -1.20. The molecule has 0 unspecified atom stereocenters. The highest BCUT2D eigenvalue weighted by Gasteiger charge is 2.60. The van der Waals surface area contributed by atoms with Crippen LogP contribution >= 0.6 is 7.60 Å². The first-order valence-corrected chi connectivity index (χ1v) is 9.44. The van der Waals surface area contributed by atoms with Crippen molar-refractivity contribution in [3.8, 4) is 0 Å². The zero-order valence-corrected chi connectivity index (χ0v) is 14.9. The van der Waals surface area contributed by atoms with Crippen molar-refractivity contribution in [2.24, 2.45) is 0 Å². The van der Waals surface area contributed by atoms with Crippen molar-refractivity contribution >= 4 is 13.5 Å². The molecular weight excluding hydrogens is 317 g/mol. The SMILES string of the molecule is CCOP(=O)(CN1C(=O)[C@](C)(OC)[C@H]1c1ccccc1)OCC. The van der Waals surface area contributed by atoms with E-state index >= 15 is 0 Å². The van der Waals surface area contributed by atoms with Crippen molar-refractivity contribution in [3.05, 3.63) is 35.9 Å². The topological polar surface area (TPSA) is 65.1 Å². The van der Waals surface area contributed by atoms with Crippen LogP contribution in [-0.4, -0.2) is 43.0 Å². The third kappa shape index (κ3) is 3.36. The predicted octanol–water partition coefficient (Wildman–Crippen LogP) is 3.20. The lowest BCUT2D eigenvalue weighted by molar-refractivity contribution is -0.193. The molecule has 1 aliphatic heterocycles. The Balaban J connectivity index is 2.29. The molecule has 1 heterocycles. The van der Waals surface area contributed by atoms with Crippen molar-refractivity contribution in [2.45, 2.75) is 32.4 Å². The summed E-state index contributed by atoms with van der Waals surface area (Å²) in [5.74, 6) is -0.214. The summed E-state index contributed by atoms with van der Waals surface area (Å²) in [6, 6.07) is 9.23. The van der Waals surface area contributed by atoms with Crippen LogP contribution in [0.5, 0.6) is 0 Å². The molecule has 0 radical (unpaired) electrons. The Morgan fingerprint density at radius 1 is 1.17 bits per heavy atom. The van der Waals surface area contributed by atoms with Gasteiger partial charge in [-0.1, -0.05) is 30.3 Å². The first kappa shape index (κ1) is 18.1. The molecule has 2 rings (SSSR count). The van der Waals surface area contributed by atoms with E-state index in [-0.39, 0.29) is 31.4 Å². The van der Waals surface area contributed by atoms with Gasteiger partial charge in [0.2, 0.25) is 0 Å². The Morgan fingerprint density at radius 3 is 2.22 bits per heavy atom. The smallest absolute Gasteiger partial charge is 0.349 e. The fourth-order valence-corrected chi connectivity index (χ4v) is 4.62. The second-order valence-electron chi connectivity index (χ2n) is 5.49. The van der Waals surface area contributed by atoms with Crippen LogP contribution in [0.1, 0.15) is 32.4 Å². The molecule has 128 valence electrons. The summed E-state index contributed by atoms with van der Waals surface area (Å²) in [6.07, 6.45) is -0.0774. The summed E-state index contributed by atoms with van der Waals surface area (Å²) in [5.41, 5.74) is -0.0408. The minimum atomic E-state index is -3.35. The minimum absolute atomic E-state index is 0.0774. The molecule has 0 N–H and O–H groups in total. The van der Waals surface area contributed by atoms with Gasteiger partial charge in [-0.05, 0) is 26.3 Å². The minimum Gasteiger partial charge on any atom is -0.366 e. The van der Waals surface area contributed by atoms with Gasteiger partial charge in [-0.2, -0.15) is 0 Å². The Kier molecular flexibility index (Phi) is 5.63. The first-order chi connectivity index (χ1) is 10.9. The molecule has 1 saturated heterocycles. The fraction of sp³-hybridized carbons (Fsp3) is 0.562. The number of carbonyl (C=O) groups is 1. The van der Waals surface area contributed by atoms with E-state index in [9.17, 15) is 9.36 Å². The highest BCUT2D eigenvalue weighted by molar-refractivity contribution is 7.53. The van der Waals surface area contributed by atoms with E-state index < -0.39 is 13.2 Å². The van der Waals surface area contributed by atoms with Gasteiger partial charge in [0.15, 0.2) is 5.60 Å². The van der Waals surface area contributed by atoms with Crippen LogP contribution in [0, 0.1) is 0 Å². The number of ether oxygens (including phenoxy) is 1. The average Bonchev–Trinajstić information content (AvgIpc) is 2.55. The van der Waals surface area contributed by atoms with Crippen LogP contribution in [0.25, 0.3) is 0 Å². The Labute approximate surface area is 137 Å². The van der Waals surface area contributed by atoms with Crippen molar-refractivity contribution in [1.29, 1.82) is 0 Å². The second kappa shape index (κ2) is 7.14. The van der Waals surface area contributed by atoms with Gasteiger partial charge in [0, 0.05) is 7.11 Å². The number of methoxy groups -OCH3 is 1. The number of likely N-dealkylation sites (tertiary alicyclic amines) is 1. The van der Waals surface area contributed by atoms with Gasteiger partial charge in [0.25, 0.3) is 5.91 Å². The molecule has 0 aromatic heterocycles. The number of β-lactam (4-membered cyclic amide) rings is 1. The number of amides is 1. The van der Waals surface area contributed by atoms with Crippen LogP contribution in [0.15, 0.2) is 30.3 Å². The second-order valence-corrected chi connectivity index (χ2v) is 7.51. The molecule has 1 aromatic rings. The summed E-state index contributed by atoms with van der Waals surface area (Å²) >= 11 is 0. The standard InChI is InChI=1S/C16H24NO5P/c1-5-21-23(19,22-6-2)12-17-14(13-10-8-7-9-11-13)16(3,20-4)15(17)18/h7-11,14H,5-6,12H2,1-4H3/t14-,16-/m1/s1. The molecule has 0 aliphatic carbocycles. The summed E-state index contributed by atoms with van der Waals surface area (Å²) < 4.78 is 28.8. The number of carbonyl (C=O) groups excluding carboxylic acids is 1. The number of hydrogen-bond donors (Lipinski definition) is 0. The highest BCUT2D eigenvalue weighted by atomic mass is 31.2. The van der Waals surface area contributed by atoms with Gasteiger partial charge in [-0.3, -0.25) is 9.36 Å². The van der Waals surface area contributed by atoms with Crippen molar-refractivity contribution < 1.29 is 23.1 Å². The van der Waals surface area contributed by atoms with Crippen LogP contribution in [0.4, 0.5) is 0 Å². The molecular formula is C16H24NO5P. The fourth-order valence-electron chi connectivity index (χ4n) is 2.93. The molecule has 7 heteroatoms. The molecule has 1 aromatic carbocycles. The van der Waals surface area contributed by atoms with Gasteiger partial charge < -0.3 is 18.7 Å². The van der Waals surface area contributed by atoms with E-state index in [0.717, 1.165) is 5.56 Å².